The van der Waals surface area contributed by atoms with Gasteiger partial charge < -0.3 is 10.2 Å². The highest BCUT2D eigenvalue weighted by atomic mass is 16.1. The van der Waals surface area contributed by atoms with E-state index in [2.05, 4.69) is 15.5 Å². The van der Waals surface area contributed by atoms with Gasteiger partial charge in [-0.2, -0.15) is 5.10 Å². The van der Waals surface area contributed by atoms with Crippen LogP contribution >= 0.6 is 0 Å². The van der Waals surface area contributed by atoms with Crippen LogP contribution in [0.15, 0.2) is 29.1 Å². The molecule has 2 aromatic rings. The molecule has 26 heavy (non-hydrogen) atoms. The number of benzene rings is 1. The molecule has 0 atom stereocenters. The van der Waals surface area contributed by atoms with Crippen LogP contribution in [0.25, 0.3) is 0 Å². The summed E-state index contributed by atoms with van der Waals surface area (Å²) < 4.78 is 0. The molecule has 138 valence electrons. The molecule has 6 nitrogen and oxygen atoms in total. The predicted octanol–water partition coefficient (Wildman–Crippen LogP) is 1.53. The lowest BCUT2D eigenvalue weighted by Crippen LogP contribution is -2.31. The number of H-pyrrole nitrogens is 1. The van der Waals surface area contributed by atoms with E-state index in [4.69, 9.17) is 0 Å². The summed E-state index contributed by atoms with van der Waals surface area (Å²) in [7, 11) is 3.95. The zero-order valence-electron chi connectivity index (χ0n) is 15.5. The number of likely N-dealkylation sites (N-methyl/N-ethyl adjacent to an activating group) is 1. The van der Waals surface area contributed by atoms with Gasteiger partial charge in [-0.3, -0.25) is 9.59 Å². The van der Waals surface area contributed by atoms with E-state index in [1.165, 1.54) is 0 Å². The molecule has 0 fully saturated rings. The molecule has 6 heteroatoms. The lowest BCUT2D eigenvalue weighted by atomic mass is 9.90. The Morgan fingerprint density at radius 1 is 1.23 bits per heavy atom. The van der Waals surface area contributed by atoms with E-state index in [1.807, 2.05) is 43.3 Å². The summed E-state index contributed by atoms with van der Waals surface area (Å²) in [6, 6.07) is 7.63. The van der Waals surface area contributed by atoms with Crippen molar-refractivity contribution in [2.24, 2.45) is 0 Å². The number of carbonyl (C=O) groups excluding carboxylic acids is 1. The fourth-order valence-corrected chi connectivity index (χ4v) is 3.38. The van der Waals surface area contributed by atoms with Crippen LogP contribution in [-0.2, 0) is 19.3 Å². The Labute approximate surface area is 153 Å². The summed E-state index contributed by atoms with van der Waals surface area (Å²) >= 11 is 0. The third-order valence-corrected chi connectivity index (χ3v) is 4.79. The van der Waals surface area contributed by atoms with Gasteiger partial charge in [-0.1, -0.05) is 12.1 Å². The molecule has 1 aromatic heterocycles. The number of nitrogens with zero attached hydrogens (tertiary/aromatic N) is 2. The maximum atomic E-state index is 12.3. The van der Waals surface area contributed by atoms with Crippen molar-refractivity contribution < 1.29 is 4.79 Å². The van der Waals surface area contributed by atoms with Crippen molar-refractivity contribution in [3.8, 4) is 0 Å². The van der Waals surface area contributed by atoms with Crippen LogP contribution in [0.2, 0.25) is 0 Å². The number of rotatable bonds is 6. The first-order valence-electron chi connectivity index (χ1n) is 9.16. The highest BCUT2D eigenvalue weighted by molar-refractivity contribution is 5.94. The van der Waals surface area contributed by atoms with Crippen molar-refractivity contribution in [1.82, 2.24) is 20.4 Å². The minimum atomic E-state index is -0.0647. The van der Waals surface area contributed by atoms with E-state index in [0.717, 1.165) is 54.6 Å². The minimum Gasteiger partial charge on any atom is -0.351 e. The number of nitrogens with one attached hydrogen (secondary N) is 2. The Morgan fingerprint density at radius 3 is 2.77 bits per heavy atom. The summed E-state index contributed by atoms with van der Waals surface area (Å²) in [6.45, 7) is 1.42. The molecule has 1 aromatic carbocycles. The number of hydrogen-bond acceptors (Lipinski definition) is 4. The highest BCUT2D eigenvalue weighted by Crippen LogP contribution is 2.22. The smallest absolute Gasteiger partial charge is 0.267 e. The zero-order chi connectivity index (χ0) is 18.5. The lowest BCUT2D eigenvalue weighted by Gasteiger charge is -2.17. The van der Waals surface area contributed by atoms with Crippen LogP contribution in [0.5, 0.6) is 0 Å². The van der Waals surface area contributed by atoms with Gasteiger partial charge in [0, 0.05) is 30.6 Å². The van der Waals surface area contributed by atoms with E-state index in [9.17, 15) is 9.59 Å². The summed E-state index contributed by atoms with van der Waals surface area (Å²) in [6.07, 6.45) is 4.51. The fraction of sp³-hybridized carbons (Fsp3) is 0.450. The highest BCUT2D eigenvalue weighted by Gasteiger charge is 2.18. The van der Waals surface area contributed by atoms with Gasteiger partial charge in [0.05, 0.1) is 5.69 Å². The first-order chi connectivity index (χ1) is 12.5. The average molecular weight is 354 g/mol. The Balaban J connectivity index is 1.75. The van der Waals surface area contributed by atoms with E-state index < -0.39 is 0 Å². The molecular formula is C20H26N4O2. The molecule has 0 spiro atoms. The number of amides is 1. The van der Waals surface area contributed by atoms with Gasteiger partial charge in [0.25, 0.3) is 11.5 Å². The molecule has 1 heterocycles. The van der Waals surface area contributed by atoms with Gasteiger partial charge in [0.2, 0.25) is 0 Å². The molecule has 0 radical (unpaired) electrons. The van der Waals surface area contributed by atoms with E-state index in [0.29, 0.717) is 18.5 Å². The van der Waals surface area contributed by atoms with Gasteiger partial charge in [-0.25, -0.2) is 5.10 Å². The fourth-order valence-electron chi connectivity index (χ4n) is 3.38. The molecule has 2 N–H and O–H groups in total. The topological polar surface area (TPSA) is 78.1 Å². The monoisotopic (exact) mass is 354 g/mol. The first kappa shape index (κ1) is 18.3. The van der Waals surface area contributed by atoms with Crippen LogP contribution in [0.3, 0.4) is 0 Å². The van der Waals surface area contributed by atoms with E-state index in [-0.39, 0.29) is 11.5 Å². The molecule has 1 aliphatic carbocycles. The van der Waals surface area contributed by atoms with Gasteiger partial charge in [0.1, 0.15) is 0 Å². The van der Waals surface area contributed by atoms with Crippen LogP contribution < -0.4 is 10.9 Å². The van der Waals surface area contributed by atoms with Crippen LogP contribution in [-0.4, -0.2) is 48.2 Å². The molecule has 1 aliphatic rings. The molecule has 3 rings (SSSR count). The van der Waals surface area contributed by atoms with E-state index in [1.54, 1.807) is 0 Å². The van der Waals surface area contributed by atoms with Crippen LogP contribution in [0.1, 0.15) is 45.6 Å². The van der Waals surface area contributed by atoms with Gasteiger partial charge in [0.15, 0.2) is 0 Å². The van der Waals surface area contributed by atoms with Crippen molar-refractivity contribution in [3.05, 3.63) is 62.6 Å². The van der Waals surface area contributed by atoms with Gasteiger partial charge >= 0.3 is 0 Å². The second-order valence-electron chi connectivity index (χ2n) is 7.10. The molecule has 0 aliphatic heterocycles. The third-order valence-electron chi connectivity index (χ3n) is 4.79. The minimum absolute atomic E-state index is 0.0579. The predicted molar refractivity (Wildman–Crippen MR) is 102 cm³/mol. The number of aromatic nitrogens is 2. The zero-order valence-corrected chi connectivity index (χ0v) is 15.5. The number of hydrogen-bond donors (Lipinski definition) is 2. The second-order valence-corrected chi connectivity index (χ2v) is 7.10. The molecule has 0 saturated carbocycles. The summed E-state index contributed by atoms with van der Waals surface area (Å²) in [5.41, 5.74) is 4.53. The number of carbonyl (C=O) groups is 1. The van der Waals surface area contributed by atoms with Crippen LogP contribution in [0, 0.1) is 0 Å². The van der Waals surface area contributed by atoms with Crippen molar-refractivity contribution in [2.45, 2.75) is 32.1 Å². The van der Waals surface area contributed by atoms with Crippen molar-refractivity contribution in [2.75, 3.05) is 27.2 Å². The largest absolute Gasteiger partial charge is 0.351 e. The molecule has 0 saturated heterocycles. The Morgan fingerprint density at radius 2 is 2.00 bits per heavy atom. The normalized spacial score (nSPS) is 13.5. The first-order valence-corrected chi connectivity index (χ1v) is 9.16. The van der Waals surface area contributed by atoms with Crippen molar-refractivity contribution >= 4 is 5.91 Å². The van der Waals surface area contributed by atoms with Gasteiger partial charge in [-0.15, -0.1) is 0 Å². The Hall–Kier alpha value is -2.47. The summed E-state index contributed by atoms with van der Waals surface area (Å²) in [4.78, 5) is 26.3. The SMILES string of the molecule is CN(C)CCNC(=O)c1cccc(Cc2n[nH]c(=O)c3c2CCCC3)c1. The number of aromatic amines is 1. The quantitative estimate of drug-likeness (QED) is 0.825. The summed E-state index contributed by atoms with van der Waals surface area (Å²) in [5, 5.41) is 9.86. The lowest BCUT2D eigenvalue weighted by molar-refractivity contribution is 0.0951. The van der Waals surface area contributed by atoms with Gasteiger partial charge in [-0.05, 0) is 63.0 Å². The summed E-state index contributed by atoms with van der Waals surface area (Å²) in [5.74, 6) is -0.0647. The molecule has 0 bridgehead atoms. The number of fused-ring (bicyclic) bond motifs is 1. The maximum Gasteiger partial charge on any atom is 0.267 e. The molecule has 1 amide bonds. The molecule has 0 unspecified atom stereocenters. The molecular weight excluding hydrogens is 328 g/mol. The Bertz CT molecular complexity index is 842. The van der Waals surface area contributed by atoms with Crippen molar-refractivity contribution in [3.63, 3.8) is 0 Å². The standard InChI is InChI=1S/C20H26N4O2/c1-24(2)11-10-21-19(25)15-7-5-6-14(12-15)13-18-16-8-3-4-9-17(16)20(26)23-22-18/h5-7,12H,3-4,8-11,13H2,1-2H3,(H,21,25)(H,23,26). The van der Waals surface area contributed by atoms with E-state index >= 15 is 0 Å². The van der Waals surface area contributed by atoms with Crippen LogP contribution in [0.4, 0.5) is 0 Å². The Kier molecular flexibility index (Phi) is 5.83. The van der Waals surface area contributed by atoms with Crippen molar-refractivity contribution in [1.29, 1.82) is 0 Å². The third kappa shape index (κ3) is 4.38. The maximum absolute atomic E-state index is 12.3. The average Bonchev–Trinajstić information content (AvgIpc) is 2.64. The second kappa shape index (κ2) is 8.27.